The maximum Gasteiger partial charge on any atom is 0.322 e. The largest absolute Gasteiger partial charge is 0.332 e. The van der Waals surface area contributed by atoms with Crippen LogP contribution in [-0.2, 0) is 17.9 Å². The average Bonchev–Trinajstić information content (AvgIpc) is 3.20. The van der Waals surface area contributed by atoms with Crippen LogP contribution in [0.2, 0.25) is 5.02 Å². The van der Waals surface area contributed by atoms with Crippen LogP contribution >= 0.6 is 22.9 Å². The first-order valence-corrected chi connectivity index (χ1v) is 12.6. The highest BCUT2D eigenvalue weighted by molar-refractivity contribution is 7.11. The van der Waals surface area contributed by atoms with Gasteiger partial charge in [0.15, 0.2) is 0 Å². The van der Waals surface area contributed by atoms with Crippen molar-refractivity contribution in [1.29, 1.82) is 0 Å². The molecule has 3 aromatic rings. The normalized spacial score (nSPS) is 10.9. The molecule has 3 amide bonds. The predicted octanol–water partition coefficient (Wildman–Crippen LogP) is 6.74. The van der Waals surface area contributed by atoms with Crippen molar-refractivity contribution in [2.75, 3.05) is 18.4 Å². The minimum atomic E-state index is -0.311. The first kappa shape index (κ1) is 25.8. The van der Waals surface area contributed by atoms with Crippen LogP contribution in [0.15, 0.2) is 60.7 Å². The monoisotopic (exact) mass is 497 g/mol. The molecule has 1 heterocycles. The molecule has 0 unspecified atom stereocenters. The molecule has 5 nitrogen and oxygen atoms in total. The molecule has 0 atom stereocenters. The van der Waals surface area contributed by atoms with Crippen molar-refractivity contribution in [3.8, 4) is 0 Å². The number of hydrogen-bond acceptors (Lipinski definition) is 3. The van der Waals surface area contributed by atoms with E-state index in [9.17, 15) is 9.59 Å². The molecule has 1 N–H and O–H groups in total. The van der Waals surface area contributed by atoms with Gasteiger partial charge in [-0.15, -0.1) is 11.3 Å². The number of nitrogens with zero attached hydrogens (tertiary/aromatic N) is 2. The van der Waals surface area contributed by atoms with Crippen molar-refractivity contribution < 1.29 is 9.59 Å². The molecule has 0 aliphatic carbocycles. The smallest absolute Gasteiger partial charge is 0.322 e. The number of carbonyl (C=O) groups is 2. The number of carbonyl (C=O) groups excluding carboxylic acids is 2. The van der Waals surface area contributed by atoms with Gasteiger partial charge in [0.05, 0.1) is 6.54 Å². The van der Waals surface area contributed by atoms with Crippen LogP contribution in [0, 0.1) is 19.8 Å². The molecule has 34 heavy (non-hydrogen) atoms. The lowest BCUT2D eigenvalue weighted by molar-refractivity contribution is -0.133. The Balaban J connectivity index is 1.77. The van der Waals surface area contributed by atoms with Gasteiger partial charge < -0.3 is 15.1 Å². The number of anilines is 1. The SMILES string of the molecule is Cc1ccc(CN(Cc2ccccc2)C(=O)CN(CC(C)C)C(=O)Nc2ccc(C)c(Cl)c2)s1. The maximum absolute atomic E-state index is 13.5. The van der Waals surface area contributed by atoms with Crippen LogP contribution in [-0.4, -0.2) is 34.8 Å². The van der Waals surface area contributed by atoms with Crippen LogP contribution in [0.5, 0.6) is 0 Å². The third kappa shape index (κ3) is 7.61. The predicted molar refractivity (Wildman–Crippen MR) is 141 cm³/mol. The van der Waals surface area contributed by atoms with E-state index >= 15 is 0 Å². The number of aryl methyl sites for hydroxylation is 2. The number of hydrogen-bond donors (Lipinski definition) is 1. The highest BCUT2D eigenvalue weighted by atomic mass is 35.5. The Morgan fingerprint density at radius 2 is 1.71 bits per heavy atom. The lowest BCUT2D eigenvalue weighted by Gasteiger charge is -2.29. The van der Waals surface area contributed by atoms with E-state index in [1.54, 1.807) is 22.3 Å². The summed E-state index contributed by atoms with van der Waals surface area (Å²) < 4.78 is 0. The minimum absolute atomic E-state index is 0.000791. The lowest BCUT2D eigenvalue weighted by Crippen LogP contribution is -2.45. The standard InChI is InChI=1S/C27H32ClN3O2S/c1-19(2)15-31(27(33)29-23-12-10-20(3)25(28)14-23)18-26(32)30(16-22-8-6-5-7-9-22)17-24-13-11-21(4)34-24/h5-14,19H,15-18H2,1-4H3,(H,29,33). The Morgan fingerprint density at radius 3 is 2.32 bits per heavy atom. The minimum Gasteiger partial charge on any atom is -0.332 e. The fourth-order valence-electron chi connectivity index (χ4n) is 3.59. The highest BCUT2D eigenvalue weighted by Gasteiger charge is 2.23. The van der Waals surface area contributed by atoms with E-state index in [1.165, 1.54) is 4.88 Å². The third-order valence-electron chi connectivity index (χ3n) is 5.33. The van der Waals surface area contributed by atoms with E-state index < -0.39 is 0 Å². The van der Waals surface area contributed by atoms with E-state index in [4.69, 9.17) is 11.6 Å². The molecule has 0 bridgehead atoms. The van der Waals surface area contributed by atoms with Crippen molar-refractivity contribution in [2.45, 2.75) is 40.8 Å². The number of rotatable bonds is 9. The third-order valence-corrected chi connectivity index (χ3v) is 6.73. The first-order chi connectivity index (χ1) is 16.2. The molecule has 0 radical (unpaired) electrons. The summed E-state index contributed by atoms with van der Waals surface area (Å²) in [6.07, 6.45) is 0. The Morgan fingerprint density at radius 1 is 0.971 bits per heavy atom. The molecule has 7 heteroatoms. The van der Waals surface area contributed by atoms with Gasteiger partial charge in [-0.25, -0.2) is 4.79 Å². The fraction of sp³-hybridized carbons (Fsp3) is 0.333. The van der Waals surface area contributed by atoms with Crippen molar-refractivity contribution >= 4 is 40.6 Å². The van der Waals surface area contributed by atoms with E-state index in [2.05, 4.69) is 24.4 Å². The van der Waals surface area contributed by atoms with Gasteiger partial charge in [-0.1, -0.05) is 61.8 Å². The summed E-state index contributed by atoms with van der Waals surface area (Å²) in [6, 6.07) is 19.1. The van der Waals surface area contributed by atoms with Crippen molar-refractivity contribution in [2.24, 2.45) is 5.92 Å². The molecule has 0 saturated heterocycles. The second-order valence-corrected chi connectivity index (χ2v) is 10.7. The molecule has 0 fully saturated rings. The molecule has 0 aliphatic rings. The zero-order chi connectivity index (χ0) is 24.7. The summed E-state index contributed by atoms with van der Waals surface area (Å²) in [5, 5.41) is 3.48. The molecule has 180 valence electrons. The van der Waals surface area contributed by atoms with Crippen LogP contribution in [0.3, 0.4) is 0 Å². The zero-order valence-corrected chi connectivity index (χ0v) is 21.7. The van der Waals surface area contributed by atoms with Crippen LogP contribution < -0.4 is 5.32 Å². The Bertz CT molecular complexity index is 1110. The Hall–Kier alpha value is -2.83. The van der Waals surface area contributed by atoms with Crippen molar-refractivity contribution in [1.82, 2.24) is 9.80 Å². The van der Waals surface area contributed by atoms with E-state index in [1.807, 2.05) is 68.1 Å². The summed E-state index contributed by atoms with van der Waals surface area (Å²) in [6.45, 7) is 9.50. The number of urea groups is 1. The average molecular weight is 498 g/mol. The van der Waals surface area contributed by atoms with Crippen LogP contribution in [0.4, 0.5) is 10.5 Å². The molecular weight excluding hydrogens is 466 g/mol. The topological polar surface area (TPSA) is 52.7 Å². The van der Waals surface area contributed by atoms with Crippen molar-refractivity contribution in [3.63, 3.8) is 0 Å². The summed E-state index contributed by atoms with van der Waals surface area (Å²) in [7, 11) is 0. The van der Waals surface area contributed by atoms with Gasteiger partial charge in [-0.3, -0.25) is 4.79 Å². The second-order valence-electron chi connectivity index (χ2n) is 8.92. The van der Waals surface area contributed by atoms with Crippen LogP contribution in [0.25, 0.3) is 0 Å². The van der Waals surface area contributed by atoms with E-state index in [0.717, 1.165) is 16.0 Å². The van der Waals surface area contributed by atoms with Gasteiger partial charge in [0.25, 0.3) is 0 Å². The van der Waals surface area contributed by atoms with Gasteiger partial charge >= 0.3 is 6.03 Å². The number of nitrogens with one attached hydrogen (secondary N) is 1. The number of amides is 3. The first-order valence-electron chi connectivity index (χ1n) is 11.4. The second kappa shape index (κ2) is 12.0. The Labute approximate surface area is 211 Å². The molecule has 0 saturated carbocycles. The fourth-order valence-corrected chi connectivity index (χ4v) is 4.68. The van der Waals surface area contributed by atoms with Crippen molar-refractivity contribution in [3.05, 3.63) is 86.6 Å². The maximum atomic E-state index is 13.5. The Kier molecular flexibility index (Phi) is 9.13. The van der Waals surface area contributed by atoms with Gasteiger partial charge in [-0.05, 0) is 55.2 Å². The van der Waals surface area contributed by atoms with Gasteiger partial charge in [-0.2, -0.15) is 0 Å². The van der Waals surface area contributed by atoms with E-state index in [0.29, 0.717) is 30.3 Å². The van der Waals surface area contributed by atoms with Crippen LogP contribution in [0.1, 0.15) is 34.7 Å². The number of benzene rings is 2. The summed E-state index contributed by atoms with van der Waals surface area (Å²) in [5.74, 6) is 0.121. The number of halogens is 1. The molecule has 3 rings (SSSR count). The molecule has 0 spiro atoms. The van der Waals surface area contributed by atoms with Gasteiger partial charge in [0.1, 0.15) is 6.54 Å². The number of thiophene rings is 1. The molecular formula is C27H32ClN3O2S. The quantitative estimate of drug-likeness (QED) is 0.356. The molecule has 2 aromatic carbocycles. The molecule has 0 aliphatic heterocycles. The zero-order valence-electron chi connectivity index (χ0n) is 20.2. The molecule has 1 aromatic heterocycles. The van der Waals surface area contributed by atoms with Gasteiger partial charge in [0.2, 0.25) is 5.91 Å². The van der Waals surface area contributed by atoms with E-state index in [-0.39, 0.29) is 24.4 Å². The summed E-state index contributed by atoms with van der Waals surface area (Å²) in [5.41, 5.74) is 2.60. The van der Waals surface area contributed by atoms with Gasteiger partial charge in [0, 0.05) is 33.6 Å². The summed E-state index contributed by atoms with van der Waals surface area (Å²) >= 11 is 7.90. The summed E-state index contributed by atoms with van der Waals surface area (Å²) in [4.78, 5) is 32.4. The highest BCUT2D eigenvalue weighted by Crippen LogP contribution is 2.21. The lowest BCUT2D eigenvalue weighted by atomic mass is 10.2.